The van der Waals surface area contributed by atoms with Gasteiger partial charge in [0.1, 0.15) is 11.6 Å². The molecule has 0 aliphatic rings. The highest BCUT2D eigenvalue weighted by molar-refractivity contribution is 6.20. The van der Waals surface area contributed by atoms with Gasteiger partial charge in [0.05, 0.1) is 23.0 Å². The Bertz CT molecular complexity index is 778. The first-order valence-electron chi connectivity index (χ1n) is 6.76. The Kier molecular flexibility index (Phi) is 3.64. The first-order valence-corrected chi connectivity index (χ1v) is 7.19. The third-order valence-electron chi connectivity index (χ3n) is 3.41. The Labute approximate surface area is 127 Å². The summed E-state index contributed by atoms with van der Waals surface area (Å²) in [5.74, 6) is 0.456. The summed E-state index contributed by atoms with van der Waals surface area (Å²) in [6.45, 7) is 4.38. The second-order valence-corrected chi connectivity index (χ2v) is 5.77. The number of alkyl halides is 1. The fraction of sp³-hybridized carbons (Fsp3) is 0.250. The summed E-state index contributed by atoms with van der Waals surface area (Å²) in [5.41, 5.74) is 3.49. The molecule has 0 radical (unpaired) electrons. The van der Waals surface area contributed by atoms with Gasteiger partial charge in [-0.3, -0.25) is 4.98 Å². The van der Waals surface area contributed by atoms with E-state index >= 15 is 0 Å². The maximum Gasteiger partial charge on any atom is 0.128 e. The standard InChI is InChI=1S/C16H15ClFN3/c1-10-3-4-12(8-19-10)9-21-15-7-13(18)5-6-14(15)20-16(21)11(2)17/h3-8,11H,9H2,1-2H3. The summed E-state index contributed by atoms with van der Waals surface area (Å²) < 4.78 is 15.5. The summed E-state index contributed by atoms with van der Waals surface area (Å²) in [7, 11) is 0. The minimum Gasteiger partial charge on any atom is -0.322 e. The summed E-state index contributed by atoms with van der Waals surface area (Å²) in [5, 5.41) is -0.251. The topological polar surface area (TPSA) is 30.7 Å². The van der Waals surface area contributed by atoms with Crippen LogP contribution in [0.25, 0.3) is 11.0 Å². The molecule has 2 aromatic heterocycles. The fourth-order valence-corrected chi connectivity index (χ4v) is 2.53. The highest BCUT2D eigenvalue weighted by atomic mass is 35.5. The van der Waals surface area contributed by atoms with Gasteiger partial charge in [0.2, 0.25) is 0 Å². The van der Waals surface area contributed by atoms with Gasteiger partial charge in [-0.2, -0.15) is 0 Å². The van der Waals surface area contributed by atoms with Gasteiger partial charge in [0, 0.05) is 11.9 Å². The van der Waals surface area contributed by atoms with Crippen molar-refractivity contribution in [2.24, 2.45) is 0 Å². The predicted molar refractivity (Wildman–Crippen MR) is 82.0 cm³/mol. The molecule has 2 heterocycles. The van der Waals surface area contributed by atoms with Crippen LogP contribution in [-0.2, 0) is 6.54 Å². The number of aryl methyl sites for hydroxylation is 1. The predicted octanol–water partition coefficient (Wildman–Crippen LogP) is 4.23. The Hall–Kier alpha value is -1.94. The number of aromatic nitrogens is 3. The van der Waals surface area contributed by atoms with Crippen LogP contribution in [0.5, 0.6) is 0 Å². The number of hydrogen-bond acceptors (Lipinski definition) is 2. The molecular formula is C16H15ClFN3. The lowest BCUT2D eigenvalue weighted by Gasteiger charge is -2.10. The van der Waals surface area contributed by atoms with Crippen LogP contribution in [0.2, 0.25) is 0 Å². The molecule has 1 unspecified atom stereocenters. The summed E-state index contributed by atoms with van der Waals surface area (Å²) in [4.78, 5) is 8.80. The molecule has 0 saturated carbocycles. The van der Waals surface area contributed by atoms with Gasteiger partial charge in [0.15, 0.2) is 0 Å². The number of hydrogen-bond donors (Lipinski definition) is 0. The molecule has 0 amide bonds. The van der Waals surface area contributed by atoms with E-state index in [0.717, 1.165) is 28.1 Å². The van der Waals surface area contributed by atoms with E-state index in [9.17, 15) is 4.39 Å². The number of imidazole rings is 1. The molecule has 21 heavy (non-hydrogen) atoms. The molecule has 0 spiro atoms. The van der Waals surface area contributed by atoms with Gasteiger partial charge in [-0.25, -0.2) is 9.37 Å². The van der Waals surface area contributed by atoms with Crippen LogP contribution in [0.1, 0.15) is 29.4 Å². The lowest BCUT2D eigenvalue weighted by molar-refractivity contribution is 0.628. The molecule has 5 heteroatoms. The van der Waals surface area contributed by atoms with Crippen LogP contribution < -0.4 is 0 Å². The SMILES string of the molecule is Cc1ccc(Cn2c(C(C)Cl)nc3ccc(F)cc32)cn1. The molecule has 1 aromatic carbocycles. The maximum absolute atomic E-state index is 13.5. The zero-order valence-corrected chi connectivity index (χ0v) is 12.6. The number of halogens is 2. The van der Waals surface area contributed by atoms with Crippen molar-refractivity contribution in [3.63, 3.8) is 0 Å². The van der Waals surface area contributed by atoms with Gasteiger partial charge in [-0.15, -0.1) is 11.6 Å². The molecule has 0 aliphatic carbocycles. The van der Waals surface area contributed by atoms with Gasteiger partial charge >= 0.3 is 0 Å². The van der Waals surface area contributed by atoms with E-state index in [2.05, 4.69) is 9.97 Å². The zero-order chi connectivity index (χ0) is 15.0. The molecule has 3 rings (SSSR count). The maximum atomic E-state index is 13.5. The van der Waals surface area contributed by atoms with E-state index < -0.39 is 0 Å². The average Bonchev–Trinajstić information content (AvgIpc) is 2.80. The molecule has 0 saturated heterocycles. The minimum absolute atomic E-state index is 0.251. The van der Waals surface area contributed by atoms with Crippen LogP contribution in [0.3, 0.4) is 0 Å². The second kappa shape index (κ2) is 5.45. The highest BCUT2D eigenvalue weighted by Gasteiger charge is 2.15. The highest BCUT2D eigenvalue weighted by Crippen LogP contribution is 2.26. The van der Waals surface area contributed by atoms with Crippen LogP contribution in [0.15, 0.2) is 36.5 Å². The molecule has 1 atom stereocenters. The van der Waals surface area contributed by atoms with Crippen LogP contribution >= 0.6 is 11.6 Å². The van der Waals surface area contributed by atoms with E-state index in [1.54, 1.807) is 6.07 Å². The van der Waals surface area contributed by atoms with Gasteiger partial charge < -0.3 is 4.57 Å². The van der Waals surface area contributed by atoms with Crippen molar-refractivity contribution in [3.8, 4) is 0 Å². The molecule has 3 aromatic rings. The monoisotopic (exact) mass is 303 g/mol. The van der Waals surface area contributed by atoms with Crippen LogP contribution in [0.4, 0.5) is 4.39 Å². The first kappa shape index (κ1) is 14.0. The molecule has 108 valence electrons. The van der Waals surface area contributed by atoms with Crippen molar-refractivity contribution in [1.29, 1.82) is 0 Å². The average molecular weight is 304 g/mol. The molecule has 0 aliphatic heterocycles. The molecular weight excluding hydrogens is 289 g/mol. The third kappa shape index (κ3) is 2.76. The number of pyridine rings is 1. The largest absolute Gasteiger partial charge is 0.322 e. The van der Waals surface area contributed by atoms with Crippen molar-refractivity contribution >= 4 is 22.6 Å². The number of benzene rings is 1. The molecule has 0 N–H and O–H groups in total. The Balaban J connectivity index is 2.12. The normalized spacial score (nSPS) is 12.8. The first-order chi connectivity index (χ1) is 10.0. The minimum atomic E-state index is -0.278. The number of rotatable bonds is 3. The van der Waals surface area contributed by atoms with E-state index in [1.165, 1.54) is 12.1 Å². The zero-order valence-electron chi connectivity index (χ0n) is 11.8. The third-order valence-corrected chi connectivity index (χ3v) is 3.60. The Morgan fingerprint density at radius 1 is 1.29 bits per heavy atom. The van der Waals surface area contributed by atoms with Gasteiger partial charge in [-0.1, -0.05) is 6.07 Å². The molecule has 0 bridgehead atoms. The fourth-order valence-electron chi connectivity index (χ4n) is 2.36. The number of fused-ring (bicyclic) bond motifs is 1. The van der Waals surface area contributed by atoms with Crippen molar-refractivity contribution in [2.45, 2.75) is 25.8 Å². The van der Waals surface area contributed by atoms with E-state index in [-0.39, 0.29) is 11.2 Å². The summed E-state index contributed by atoms with van der Waals surface area (Å²) >= 11 is 6.22. The van der Waals surface area contributed by atoms with E-state index in [4.69, 9.17) is 11.6 Å². The Morgan fingerprint density at radius 3 is 2.76 bits per heavy atom. The van der Waals surface area contributed by atoms with Crippen LogP contribution in [-0.4, -0.2) is 14.5 Å². The van der Waals surface area contributed by atoms with Crippen LogP contribution in [0, 0.1) is 12.7 Å². The lowest BCUT2D eigenvalue weighted by atomic mass is 10.2. The summed E-state index contributed by atoms with van der Waals surface area (Å²) in [6.07, 6.45) is 1.82. The van der Waals surface area contributed by atoms with Gasteiger partial charge in [-0.05, 0) is 43.7 Å². The van der Waals surface area contributed by atoms with E-state index in [1.807, 2.05) is 36.7 Å². The lowest BCUT2D eigenvalue weighted by Crippen LogP contribution is -2.06. The number of nitrogens with zero attached hydrogens (tertiary/aromatic N) is 3. The smallest absolute Gasteiger partial charge is 0.128 e. The second-order valence-electron chi connectivity index (χ2n) is 5.11. The van der Waals surface area contributed by atoms with Gasteiger partial charge in [0.25, 0.3) is 0 Å². The molecule has 3 nitrogen and oxygen atoms in total. The Morgan fingerprint density at radius 2 is 2.10 bits per heavy atom. The van der Waals surface area contributed by atoms with E-state index in [0.29, 0.717) is 6.54 Å². The van der Waals surface area contributed by atoms with Crippen molar-refractivity contribution in [1.82, 2.24) is 14.5 Å². The van der Waals surface area contributed by atoms with Crippen molar-refractivity contribution < 1.29 is 4.39 Å². The molecule has 0 fully saturated rings. The summed E-state index contributed by atoms with van der Waals surface area (Å²) in [6, 6.07) is 8.55. The van der Waals surface area contributed by atoms with Crippen molar-refractivity contribution in [2.75, 3.05) is 0 Å². The quantitative estimate of drug-likeness (QED) is 0.678. The van der Waals surface area contributed by atoms with Crippen molar-refractivity contribution in [3.05, 3.63) is 59.4 Å².